The van der Waals surface area contributed by atoms with Crippen LogP contribution in [0, 0.1) is 0 Å². The number of quaternary nitrogens is 2. The van der Waals surface area contributed by atoms with Gasteiger partial charge in [-0.3, -0.25) is 9.59 Å². The lowest BCUT2D eigenvalue weighted by Crippen LogP contribution is -3.00. The molecule has 0 amide bonds. The molecule has 16 heteroatoms. The van der Waals surface area contributed by atoms with Crippen LogP contribution >= 0.6 is 0 Å². The first kappa shape index (κ1) is 49.5. The van der Waals surface area contributed by atoms with E-state index in [4.69, 9.17) is 19.7 Å². The molecule has 0 radical (unpaired) electrons. The third kappa shape index (κ3) is 19.5. The Morgan fingerprint density at radius 3 is 1.09 bits per heavy atom. The molecule has 0 aliphatic rings. The van der Waals surface area contributed by atoms with Gasteiger partial charge >= 0.3 is 24.3 Å². The quantitative estimate of drug-likeness (QED) is 0.132. The predicted molar refractivity (Wildman–Crippen MR) is 182 cm³/mol. The number of carboxylic acids is 2. The molecular formula is C38H44Cl2F6N2O6. The molecule has 0 heterocycles. The number of carboxylic acid groups (broad SMARTS) is 2. The highest BCUT2D eigenvalue weighted by atomic mass is 35.5. The Bertz CT molecular complexity index is 1480. The average Bonchev–Trinajstić information content (AvgIpc) is 3.12. The Labute approximate surface area is 322 Å². The molecule has 0 aliphatic heterocycles. The highest BCUT2D eigenvalue weighted by Crippen LogP contribution is 2.33. The summed E-state index contributed by atoms with van der Waals surface area (Å²) in [7, 11) is 3.94. The van der Waals surface area contributed by atoms with E-state index in [0.29, 0.717) is 11.5 Å². The summed E-state index contributed by atoms with van der Waals surface area (Å²) in [5.41, 5.74) is 0.699. The summed E-state index contributed by atoms with van der Waals surface area (Å²) in [6, 6.07) is 29.0. The first-order chi connectivity index (χ1) is 24.6. The highest BCUT2D eigenvalue weighted by Gasteiger charge is 2.31. The van der Waals surface area contributed by atoms with Gasteiger partial charge in [-0.05, 0) is 59.7 Å². The van der Waals surface area contributed by atoms with Crippen LogP contribution in [-0.2, 0) is 21.9 Å². The molecule has 0 saturated heterocycles. The molecule has 4 aromatic carbocycles. The monoisotopic (exact) mass is 808 g/mol. The van der Waals surface area contributed by atoms with Crippen LogP contribution in [0.4, 0.5) is 26.3 Å². The van der Waals surface area contributed by atoms with Gasteiger partial charge < -0.3 is 55.1 Å². The van der Waals surface area contributed by atoms with Crippen molar-refractivity contribution in [1.29, 1.82) is 0 Å². The fourth-order valence-electron chi connectivity index (χ4n) is 4.55. The van der Waals surface area contributed by atoms with Crippen molar-refractivity contribution in [2.45, 2.75) is 50.2 Å². The maximum atomic E-state index is 12.6. The third-order valence-corrected chi connectivity index (χ3v) is 7.25. The Morgan fingerprint density at radius 1 is 0.556 bits per heavy atom. The van der Waals surface area contributed by atoms with E-state index in [1.165, 1.54) is 24.3 Å². The second-order valence-electron chi connectivity index (χ2n) is 11.3. The SMILES string of the molecule is C[NH2+]CC[C@@H](Oc1ccc(C(F)(F)F)cc1)c1ccccc1.C[NH2+]CC[C@H](Oc1ccc(C(F)(F)F)cc1)c1ccccc1.O=C(O)CCC(=O)O.[Cl-].[Cl-]. The van der Waals surface area contributed by atoms with Crippen molar-refractivity contribution in [2.24, 2.45) is 0 Å². The zero-order chi connectivity index (χ0) is 38.6. The van der Waals surface area contributed by atoms with Crippen LogP contribution in [0.5, 0.6) is 11.5 Å². The minimum atomic E-state index is -4.32. The molecule has 0 bridgehead atoms. The van der Waals surface area contributed by atoms with Crippen LogP contribution in [0.2, 0.25) is 0 Å². The van der Waals surface area contributed by atoms with Crippen LogP contribution in [0.15, 0.2) is 109 Å². The van der Waals surface area contributed by atoms with E-state index in [1.807, 2.05) is 85.4 Å². The van der Waals surface area contributed by atoms with Crippen molar-refractivity contribution in [1.82, 2.24) is 0 Å². The maximum absolute atomic E-state index is 12.6. The van der Waals surface area contributed by atoms with Gasteiger partial charge in [0.15, 0.2) is 0 Å². The third-order valence-electron chi connectivity index (χ3n) is 7.25. The number of carbonyl (C=O) groups is 2. The number of halogens is 8. The maximum Gasteiger partial charge on any atom is 0.416 e. The normalized spacial score (nSPS) is 11.8. The van der Waals surface area contributed by atoms with Gasteiger partial charge in [0.2, 0.25) is 0 Å². The fraction of sp³-hybridized carbons (Fsp3) is 0.316. The van der Waals surface area contributed by atoms with Crippen LogP contribution < -0.4 is 44.9 Å². The first-order valence-electron chi connectivity index (χ1n) is 16.4. The van der Waals surface area contributed by atoms with E-state index in [1.54, 1.807) is 0 Å². The number of hydrogen-bond donors (Lipinski definition) is 4. The summed E-state index contributed by atoms with van der Waals surface area (Å²) >= 11 is 0. The van der Waals surface area contributed by atoms with Crippen LogP contribution in [-0.4, -0.2) is 49.3 Å². The molecular weight excluding hydrogens is 765 g/mol. The van der Waals surface area contributed by atoms with Crippen molar-refractivity contribution in [3.05, 3.63) is 131 Å². The molecule has 6 N–H and O–H groups in total. The minimum Gasteiger partial charge on any atom is -1.00 e. The number of hydrogen-bond acceptors (Lipinski definition) is 4. The van der Waals surface area contributed by atoms with E-state index in [2.05, 4.69) is 0 Å². The molecule has 4 aromatic rings. The molecule has 298 valence electrons. The number of benzene rings is 4. The zero-order valence-electron chi connectivity index (χ0n) is 29.5. The zero-order valence-corrected chi connectivity index (χ0v) is 31.0. The molecule has 0 fully saturated rings. The van der Waals surface area contributed by atoms with Gasteiger partial charge in [-0.2, -0.15) is 26.3 Å². The van der Waals surface area contributed by atoms with Crippen molar-refractivity contribution in [3.8, 4) is 11.5 Å². The average molecular weight is 810 g/mol. The number of ether oxygens (including phenoxy) is 2. The topological polar surface area (TPSA) is 126 Å². The van der Waals surface area contributed by atoms with Crippen LogP contribution in [0.3, 0.4) is 0 Å². The standard InChI is InChI=1S/2C17H18F3NO.C4H6O4.2ClH/c2*1-21-12-11-16(13-5-3-2-4-6-13)22-15-9-7-14(8-10-15)17(18,19)20;5-3(6)1-2-4(7)8;;/h2*2-10,16,21H,11-12H2,1H3;1-2H2,(H,5,6)(H,7,8);2*1H/t2*16-;;;/m10.../s1. The minimum absolute atomic E-state index is 0. The van der Waals surface area contributed by atoms with E-state index in [0.717, 1.165) is 61.3 Å². The number of aliphatic carboxylic acids is 2. The van der Waals surface area contributed by atoms with Gasteiger partial charge in [0.05, 0.1) is 51.2 Å². The summed E-state index contributed by atoms with van der Waals surface area (Å²) in [5, 5.41) is 19.9. The van der Waals surface area contributed by atoms with Crippen molar-refractivity contribution in [2.75, 3.05) is 27.2 Å². The van der Waals surface area contributed by atoms with Crippen LogP contribution in [0.1, 0.15) is 60.1 Å². The summed E-state index contributed by atoms with van der Waals surface area (Å²) in [6.07, 6.45) is -8.03. The Balaban J connectivity index is 0.000000843. The summed E-state index contributed by atoms with van der Waals surface area (Å²) in [4.78, 5) is 19.3. The first-order valence-corrected chi connectivity index (χ1v) is 16.4. The molecule has 0 spiro atoms. The summed E-state index contributed by atoms with van der Waals surface area (Å²) in [6.45, 7) is 1.75. The lowest BCUT2D eigenvalue weighted by Gasteiger charge is -2.19. The van der Waals surface area contributed by atoms with E-state index >= 15 is 0 Å². The van der Waals surface area contributed by atoms with Gasteiger partial charge in [-0.25, -0.2) is 0 Å². The number of rotatable bonds is 15. The molecule has 0 aliphatic carbocycles. The molecule has 0 unspecified atom stereocenters. The predicted octanol–water partition coefficient (Wildman–Crippen LogP) is 0.761. The Hall–Kier alpha value is -4.50. The molecule has 0 aromatic heterocycles. The number of alkyl halides is 6. The van der Waals surface area contributed by atoms with Gasteiger partial charge in [0.1, 0.15) is 23.7 Å². The fourth-order valence-corrected chi connectivity index (χ4v) is 4.55. The van der Waals surface area contributed by atoms with Crippen molar-refractivity contribution < 1.29 is 91.1 Å². The molecule has 0 saturated carbocycles. The molecule has 54 heavy (non-hydrogen) atoms. The van der Waals surface area contributed by atoms with Gasteiger partial charge in [-0.15, -0.1) is 0 Å². The summed E-state index contributed by atoms with van der Waals surface area (Å²) in [5.74, 6) is -1.27. The lowest BCUT2D eigenvalue weighted by molar-refractivity contribution is -0.628. The van der Waals surface area contributed by atoms with Crippen LogP contribution in [0.25, 0.3) is 0 Å². The van der Waals surface area contributed by atoms with Crippen molar-refractivity contribution >= 4 is 11.9 Å². The summed E-state index contributed by atoms with van der Waals surface area (Å²) < 4.78 is 87.2. The Morgan fingerprint density at radius 2 is 0.852 bits per heavy atom. The second-order valence-corrected chi connectivity index (χ2v) is 11.3. The van der Waals surface area contributed by atoms with E-state index in [9.17, 15) is 35.9 Å². The smallest absolute Gasteiger partial charge is 0.416 e. The van der Waals surface area contributed by atoms with E-state index < -0.39 is 35.4 Å². The van der Waals surface area contributed by atoms with Crippen molar-refractivity contribution in [3.63, 3.8) is 0 Å². The molecule has 2 atom stereocenters. The van der Waals surface area contributed by atoms with Gasteiger partial charge in [-0.1, -0.05) is 60.7 Å². The highest BCUT2D eigenvalue weighted by molar-refractivity contribution is 5.75. The van der Waals surface area contributed by atoms with E-state index in [-0.39, 0.29) is 49.9 Å². The Kier molecular flexibility index (Phi) is 23.4. The second kappa shape index (κ2) is 25.5. The lowest BCUT2D eigenvalue weighted by atomic mass is 10.1. The van der Waals surface area contributed by atoms with Gasteiger partial charge in [0, 0.05) is 12.8 Å². The molecule has 4 rings (SSSR count). The molecule has 8 nitrogen and oxygen atoms in total. The number of nitrogens with two attached hydrogens (primary N) is 2. The largest absolute Gasteiger partial charge is 1.00 e. The van der Waals surface area contributed by atoms with Gasteiger partial charge in [0.25, 0.3) is 0 Å².